The second-order valence-electron chi connectivity index (χ2n) is 8.03. The lowest BCUT2D eigenvalue weighted by Crippen LogP contribution is -2.62. The molecule has 2 aliphatic heterocycles. The summed E-state index contributed by atoms with van der Waals surface area (Å²) in [7, 11) is 0. The lowest BCUT2D eigenvalue weighted by atomic mass is 9.88. The van der Waals surface area contributed by atoms with Crippen LogP contribution in [0, 0.1) is 0 Å². The molecule has 1 saturated heterocycles. The highest BCUT2D eigenvalue weighted by Gasteiger charge is 2.46. The molecule has 1 fully saturated rings. The van der Waals surface area contributed by atoms with Crippen molar-refractivity contribution in [2.24, 2.45) is 4.99 Å². The summed E-state index contributed by atoms with van der Waals surface area (Å²) >= 11 is 5.99. The Balaban J connectivity index is 1.32. The number of aliphatic imine (C=N–C) groups is 1. The molecule has 2 heterocycles. The Kier molecular flexibility index (Phi) is 6.18. The van der Waals surface area contributed by atoms with Crippen molar-refractivity contribution in [3.05, 3.63) is 70.7 Å². The first-order valence-electron chi connectivity index (χ1n) is 10.5. The van der Waals surface area contributed by atoms with Gasteiger partial charge in [-0.25, -0.2) is 0 Å². The Bertz CT molecular complexity index is 921. The average Bonchev–Trinajstić information content (AvgIpc) is 2.76. The number of amides is 2. The normalized spacial score (nSPS) is 21.2. The van der Waals surface area contributed by atoms with E-state index in [4.69, 9.17) is 11.6 Å². The summed E-state index contributed by atoms with van der Waals surface area (Å²) in [5.41, 5.74) is 1.26. The van der Waals surface area contributed by atoms with E-state index in [2.05, 4.69) is 22.4 Å². The van der Waals surface area contributed by atoms with Crippen LogP contribution in [-0.4, -0.2) is 41.7 Å². The highest BCUT2D eigenvalue weighted by molar-refractivity contribution is 6.30. The van der Waals surface area contributed by atoms with Crippen molar-refractivity contribution in [3.8, 4) is 0 Å². The quantitative estimate of drug-likeness (QED) is 0.764. The van der Waals surface area contributed by atoms with Crippen molar-refractivity contribution >= 4 is 29.6 Å². The maximum absolute atomic E-state index is 13.2. The number of carbonyl (C=O) groups is 2. The standard InChI is InChI=1S/C24H26ClN3O2/c25-21-9-7-19(8-10-21)20-12-16-28(17-13-20)23(30)24(14-15-26-24)27-22(29)11-6-18-4-2-1-3-5-18/h1-5,7-10,15,20H,6,11-14,16-17H2,(H,27,29)/t24-/m1/s1. The van der Waals surface area contributed by atoms with Gasteiger partial charge in [0.1, 0.15) is 0 Å². The zero-order chi connectivity index (χ0) is 21.0. The van der Waals surface area contributed by atoms with E-state index in [1.165, 1.54) is 5.56 Å². The van der Waals surface area contributed by atoms with E-state index in [1.807, 2.05) is 47.4 Å². The minimum absolute atomic E-state index is 0.0902. The van der Waals surface area contributed by atoms with Crippen molar-refractivity contribution in [1.82, 2.24) is 10.2 Å². The smallest absolute Gasteiger partial charge is 0.271 e. The monoisotopic (exact) mass is 423 g/mol. The Labute approximate surface area is 182 Å². The third kappa shape index (κ3) is 4.57. The van der Waals surface area contributed by atoms with Crippen LogP contribution in [0.4, 0.5) is 0 Å². The van der Waals surface area contributed by atoms with E-state index >= 15 is 0 Å². The van der Waals surface area contributed by atoms with E-state index in [-0.39, 0.29) is 11.8 Å². The molecule has 6 heteroatoms. The number of halogens is 1. The van der Waals surface area contributed by atoms with Crippen LogP contribution in [0.5, 0.6) is 0 Å². The summed E-state index contributed by atoms with van der Waals surface area (Å²) in [5.74, 6) is 0.195. The number of likely N-dealkylation sites (tertiary alicyclic amines) is 1. The molecule has 1 N–H and O–H groups in total. The van der Waals surface area contributed by atoms with E-state index < -0.39 is 5.66 Å². The molecule has 5 nitrogen and oxygen atoms in total. The molecular formula is C24H26ClN3O2. The summed E-state index contributed by atoms with van der Waals surface area (Å²) in [6.07, 6.45) is 4.94. The molecule has 0 spiro atoms. The molecule has 30 heavy (non-hydrogen) atoms. The maximum Gasteiger partial charge on any atom is 0.271 e. The van der Waals surface area contributed by atoms with E-state index in [9.17, 15) is 9.59 Å². The molecule has 1 atom stereocenters. The van der Waals surface area contributed by atoms with Crippen LogP contribution in [0.1, 0.15) is 42.7 Å². The third-order valence-electron chi connectivity index (χ3n) is 6.01. The summed E-state index contributed by atoms with van der Waals surface area (Å²) in [5, 5.41) is 3.64. The van der Waals surface area contributed by atoms with Crippen LogP contribution >= 0.6 is 11.6 Å². The fourth-order valence-corrected chi connectivity index (χ4v) is 4.29. The second kappa shape index (κ2) is 9.00. The Morgan fingerprint density at radius 3 is 2.33 bits per heavy atom. The maximum atomic E-state index is 13.2. The van der Waals surface area contributed by atoms with Crippen molar-refractivity contribution < 1.29 is 9.59 Å². The molecule has 156 valence electrons. The topological polar surface area (TPSA) is 61.8 Å². The van der Waals surface area contributed by atoms with Gasteiger partial charge in [0.25, 0.3) is 5.91 Å². The first kappa shape index (κ1) is 20.6. The Morgan fingerprint density at radius 2 is 1.73 bits per heavy atom. The third-order valence-corrected chi connectivity index (χ3v) is 6.26. The van der Waals surface area contributed by atoms with Crippen LogP contribution in [0.15, 0.2) is 59.6 Å². The molecule has 0 unspecified atom stereocenters. The average molecular weight is 424 g/mol. The number of nitrogens with zero attached hydrogens (tertiary/aromatic N) is 2. The predicted octanol–water partition coefficient (Wildman–Crippen LogP) is 3.97. The predicted molar refractivity (Wildman–Crippen MR) is 119 cm³/mol. The molecule has 2 aromatic carbocycles. The molecule has 4 rings (SSSR count). The van der Waals surface area contributed by atoms with Gasteiger partial charge in [0, 0.05) is 37.2 Å². The first-order chi connectivity index (χ1) is 14.6. The fraction of sp³-hybridized carbons (Fsp3) is 0.375. The number of hydrogen-bond donors (Lipinski definition) is 1. The van der Waals surface area contributed by atoms with Gasteiger partial charge in [-0.2, -0.15) is 0 Å². The Morgan fingerprint density at radius 1 is 1.07 bits per heavy atom. The van der Waals surface area contributed by atoms with Gasteiger partial charge in [-0.15, -0.1) is 0 Å². The van der Waals surface area contributed by atoms with E-state index in [0.29, 0.717) is 38.3 Å². The van der Waals surface area contributed by atoms with Crippen LogP contribution < -0.4 is 5.32 Å². The van der Waals surface area contributed by atoms with Gasteiger partial charge in [0.2, 0.25) is 11.6 Å². The van der Waals surface area contributed by atoms with Gasteiger partial charge >= 0.3 is 0 Å². The van der Waals surface area contributed by atoms with E-state index in [1.54, 1.807) is 6.21 Å². The zero-order valence-electron chi connectivity index (χ0n) is 16.9. The van der Waals surface area contributed by atoms with Crippen molar-refractivity contribution in [2.75, 3.05) is 13.1 Å². The molecule has 2 aromatic rings. The van der Waals surface area contributed by atoms with E-state index in [0.717, 1.165) is 23.4 Å². The van der Waals surface area contributed by atoms with Gasteiger partial charge in [0.05, 0.1) is 0 Å². The molecule has 0 aliphatic carbocycles. The number of rotatable bonds is 6. The molecule has 2 aliphatic rings. The van der Waals surface area contributed by atoms with Crippen LogP contribution in [0.2, 0.25) is 5.02 Å². The van der Waals surface area contributed by atoms with Crippen molar-refractivity contribution in [3.63, 3.8) is 0 Å². The zero-order valence-corrected chi connectivity index (χ0v) is 17.6. The number of nitrogens with one attached hydrogen (secondary N) is 1. The van der Waals surface area contributed by atoms with Gasteiger partial charge in [-0.1, -0.05) is 54.1 Å². The molecule has 0 aromatic heterocycles. The van der Waals surface area contributed by atoms with Gasteiger partial charge < -0.3 is 10.2 Å². The SMILES string of the molecule is O=C(CCc1ccccc1)N[C@@]1(C(=O)N2CCC(c3ccc(Cl)cc3)CC2)CC=N1. The molecular weight excluding hydrogens is 398 g/mol. The fourth-order valence-electron chi connectivity index (χ4n) is 4.16. The summed E-state index contributed by atoms with van der Waals surface area (Å²) in [6.45, 7) is 1.34. The highest BCUT2D eigenvalue weighted by atomic mass is 35.5. The Hall–Kier alpha value is -2.66. The van der Waals surface area contributed by atoms with Crippen LogP contribution in [-0.2, 0) is 16.0 Å². The summed E-state index contributed by atoms with van der Waals surface area (Å²) in [4.78, 5) is 31.8. The summed E-state index contributed by atoms with van der Waals surface area (Å²) in [6, 6.07) is 17.8. The number of piperidine rings is 1. The molecule has 0 radical (unpaired) electrons. The first-order valence-corrected chi connectivity index (χ1v) is 10.9. The lowest BCUT2D eigenvalue weighted by Gasteiger charge is -2.41. The molecule has 0 bridgehead atoms. The second-order valence-corrected chi connectivity index (χ2v) is 8.46. The van der Waals surface area contributed by atoms with Gasteiger partial charge in [-0.3, -0.25) is 14.6 Å². The number of hydrogen-bond acceptors (Lipinski definition) is 3. The largest absolute Gasteiger partial charge is 0.339 e. The molecule has 2 amide bonds. The number of benzene rings is 2. The van der Waals surface area contributed by atoms with Gasteiger partial charge in [0.15, 0.2) is 0 Å². The minimum Gasteiger partial charge on any atom is -0.339 e. The van der Waals surface area contributed by atoms with Crippen molar-refractivity contribution in [1.29, 1.82) is 0 Å². The molecule has 0 saturated carbocycles. The highest BCUT2D eigenvalue weighted by Crippen LogP contribution is 2.31. The number of carbonyl (C=O) groups excluding carboxylic acids is 2. The van der Waals surface area contributed by atoms with Gasteiger partial charge in [-0.05, 0) is 48.4 Å². The van der Waals surface area contributed by atoms with Crippen molar-refractivity contribution in [2.45, 2.75) is 43.7 Å². The lowest BCUT2D eigenvalue weighted by molar-refractivity contribution is -0.143. The van der Waals surface area contributed by atoms with Crippen LogP contribution in [0.3, 0.4) is 0 Å². The summed E-state index contributed by atoms with van der Waals surface area (Å²) < 4.78 is 0. The minimum atomic E-state index is -1.11. The van der Waals surface area contributed by atoms with Crippen LogP contribution in [0.25, 0.3) is 0 Å². The number of aryl methyl sites for hydroxylation is 1.